The molecule has 3 aliphatic rings. The molecule has 0 aromatic heterocycles. The maximum atomic E-state index is 14.4. The van der Waals surface area contributed by atoms with Gasteiger partial charge in [0.05, 0.1) is 51.7 Å². The molecule has 2 aliphatic carbocycles. The molecule has 1 fully saturated rings. The normalized spacial score (nSPS) is 23.0. The molecule has 1 aliphatic heterocycles. The number of carbonyl (C=O) groups is 2. The number of nitrogens with zero attached hydrogens (tertiary/aromatic N) is 2. The number of carbonyl (C=O) groups excluding carboxylic acids is 2. The van der Waals surface area contributed by atoms with E-state index in [2.05, 4.69) is 23.1 Å². The number of amides is 2. The van der Waals surface area contributed by atoms with Crippen LogP contribution in [0.5, 0.6) is 28.7 Å². The van der Waals surface area contributed by atoms with Gasteiger partial charge in [-0.1, -0.05) is 42.3 Å². The van der Waals surface area contributed by atoms with Crippen molar-refractivity contribution >= 4 is 23.4 Å². The molecule has 0 radical (unpaired) electrons. The van der Waals surface area contributed by atoms with Gasteiger partial charge in [0.15, 0.2) is 0 Å². The second-order valence-corrected chi connectivity index (χ2v) is 15.6. The number of methoxy groups -OCH3 is 3. The molecule has 3 aromatic rings. The van der Waals surface area contributed by atoms with Gasteiger partial charge < -0.3 is 48.4 Å². The number of oxime groups is 1. The summed E-state index contributed by atoms with van der Waals surface area (Å²) < 4.78 is 36.3. The number of benzene rings is 3. The first-order chi connectivity index (χ1) is 29.6. The quantitative estimate of drug-likeness (QED) is 0.0594. The summed E-state index contributed by atoms with van der Waals surface area (Å²) in [6.45, 7) is 4.25. The van der Waals surface area contributed by atoms with E-state index in [1.54, 1.807) is 62.6 Å². The molecule has 3 aromatic carbocycles. The third kappa shape index (κ3) is 9.82. The van der Waals surface area contributed by atoms with E-state index in [1.165, 1.54) is 14.2 Å². The van der Waals surface area contributed by atoms with E-state index in [0.29, 0.717) is 47.2 Å². The molecule has 1 heterocycles. The monoisotopic (exact) mass is 841 g/mol. The zero-order chi connectivity index (χ0) is 43.5. The van der Waals surface area contributed by atoms with E-state index in [1.807, 2.05) is 30.3 Å². The molecule has 14 heteroatoms. The minimum Gasteiger partial charge on any atom is -0.497 e. The van der Waals surface area contributed by atoms with Gasteiger partial charge in [0, 0.05) is 44.2 Å². The van der Waals surface area contributed by atoms with Crippen LogP contribution in [0, 0.1) is 17.8 Å². The largest absolute Gasteiger partial charge is 0.497 e. The maximum absolute atomic E-state index is 14.4. The lowest BCUT2D eigenvalue weighted by Gasteiger charge is -2.59. The summed E-state index contributed by atoms with van der Waals surface area (Å²) in [5, 5.41) is 27.1. The van der Waals surface area contributed by atoms with Gasteiger partial charge in [-0.25, -0.2) is 4.79 Å². The molecule has 6 unspecified atom stereocenters. The fourth-order valence-electron chi connectivity index (χ4n) is 9.30. The van der Waals surface area contributed by atoms with Gasteiger partial charge >= 0.3 is 6.09 Å². The second-order valence-electron chi connectivity index (χ2n) is 15.6. The zero-order valence-electron chi connectivity index (χ0n) is 35.8. The third-order valence-electron chi connectivity index (χ3n) is 12.1. The van der Waals surface area contributed by atoms with Gasteiger partial charge in [0.1, 0.15) is 41.9 Å². The molecule has 14 nitrogen and oxygen atoms in total. The van der Waals surface area contributed by atoms with Gasteiger partial charge in [-0.15, -0.1) is 6.58 Å². The molecule has 0 saturated heterocycles. The number of fused-ring (bicyclic) bond motifs is 2. The lowest BCUT2D eigenvalue weighted by Crippen LogP contribution is -2.69. The van der Waals surface area contributed by atoms with Crippen LogP contribution in [0.15, 0.2) is 90.1 Å². The summed E-state index contributed by atoms with van der Waals surface area (Å²) in [7, 11) is 7.92. The van der Waals surface area contributed by atoms with Crippen molar-refractivity contribution in [1.82, 2.24) is 4.90 Å². The average Bonchev–Trinajstić information content (AvgIpc) is 3.27. The smallest absolute Gasteiger partial charge is 0.417 e. The third-order valence-corrected chi connectivity index (χ3v) is 12.1. The van der Waals surface area contributed by atoms with E-state index < -0.39 is 23.8 Å². The topological polar surface area (TPSA) is 167 Å². The fraction of sp³-hybridized carbons (Fsp3) is 0.468. The Morgan fingerprint density at radius 3 is 2.38 bits per heavy atom. The summed E-state index contributed by atoms with van der Waals surface area (Å²) in [5.74, 6) is 0.0752. The van der Waals surface area contributed by atoms with Crippen LogP contribution in [0.4, 0.5) is 10.5 Å². The minimum atomic E-state index is -1.42. The average molecular weight is 842 g/mol. The Labute approximate surface area is 358 Å². The van der Waals surface area contributed by atoms with Crippen molar-refractivity contribution in [1.29, 1.82) is 0 Å². The second kappa shape index (κ2) is 20.8. The number of allylic oxidation sites excluding steroid dienone is 1. The standard InChI is InChI=1S/C47H59N3O11/c1-7-23-59-47-42(50(2)43(53)25-30-13-12-15-32(24-30)55-3)29-39(49-58-6)36-26-31(14-8-10-21-51)35(16-9-11-22-52)44(45(36)47)37-27-34(18-20-40(37)61-47)60-46(54)48-38-19-17-33(56-4)28-41(38)57-5/h7,12-13,15,17-20,24,26-28,31,35,42,44-45,51-52H,1,8-11,14,16,21-23,25,29H2,2-6H3,(H,48,54). The van der Waals surface area contributed by atoms with E-state index >= 15 is 0 Å². The van der Waals surface area contributed by atoms with Crippen LogP contribution in [-0.4, -0.2) is 100.0 Å². The first-order valence-electron chi connectivity index (χ1n) is 20.9. The Hall–Kier alpha value is -5.57. The van der Waals surface area contributed by atoms with Crippen LogP contribution in [0.3, 0.4) is 0 Å². The van der Waals surface area contributed by atoms with E-state index in [9.17, 15) is 19.8 Å². The van der Waals surface area contributed by atoms with Crippen LogP contribution in [0.1, 0.15) is 62.0 Å². The summed E-state index contributed by atoms with van der Waals surface area (Å²) >= 11 is 0. The van der Waals surface area contributed by atoms with Gasteiger partial charge in [-0.2, -0.15) is 0 Å². The van der Waals surface area contributed by atoms with Crippen LogP contribution in [0.2, 0.25) is 0 Å². The number of nitrogens with one attached hydrogen (secondary N) is 1. The maximum Gasteiger partial charge on any atom is 0.417 e. The Morgan fingerprint density at radius 2 is 1.67 bits per heavy atom. The number of aliphatic hydroxyl groups is 2. The van der Waals surface area contributed by atoms with E-state index in [0.717, 1.165) is 42.4 Å². The Bertz CT molecular complexity index is 2070. The fourth-order valence-corrected chi connectivity index (χ4v) is 9.30. The lowest BCUT2D eigenvalue weighted by atomic mass is 9.55. The van der Waals surface area contributed by atoms with E-state index in [-0.39, 0.29) is 62.1 Å². The summed E-state index contributed by atoms with van der Waals surface area (Å²) in [5.41, 5.74) is 3.58. The number of likely N-dealkylation sites (N-methyl/N-ethyl adjacent to an activating group) is 1. The molecule has 6 rings (SSSR count). The van der Waals surface area contributed by atoms with Gasteiger partial charge in [0.25, 0.3) is 0 Å². The number of ether oxygens (including phenoxy) is 6. The van der Waals surface area contributed by atoms with Gasteiger partial charge in [0.2, 0.25) is 11.7 Å². The first kappa shape index (κ1) is 45.0. The summed E-state index contributed by atoms with van der Waals surface area (Å²) in [4.78, 5) is 35.1. The predicted octanol–water partition coefficient (Wildman–Crippen LogP) is 7.29. The van der Waals surface area contributed by atoms with Gasteiger partial charge in [-0.05, 0) is 91.1 Å². The Kier molecular flexibility index (Phi) is 15.3. The molecule has 2 amide bonds. The van der Waals surface area contributed by atoms with Crippen LogP contribution < -0.4 is 29.0 Å². The number of hydrogen-bond donors (Lipinski definition) is 3. The van der Waals surface area contributed by atoms with Crippen LogP contribution in [0.25, 0.3) is 0 Å². The number of unbranched alkanes of at least 4 members (excludes halogenated alkanes) is 2. The zero-order valence-corrected chi connectivity index (χ0v) is 35.8. The van der Waals surface area contributed by atoms with Crippen molar-refractivity contribution in [2.24, 2.45) is 22.9 Å². The highest BCUT2D eigenvalue weighted by atomic mass is 16.7. The number of anilines is 1. The minimum absolute atomic E-state index is 0.0127. The van der Waals surface area contributed by atoms with Crippen molar-refractivity contribution in [2.75, 3.05) is 60.6 Å². The molecule has 328 valence electrons. The van der Waals surface area contributed by atoms with Crippen LogP contribution >= 0.6 is 0 Å². The Balaban J connectivity index is 1.48. The Morgan fingerprint density at radius 1 is 0.934 bits per heavy atom. The van der Waals surface area contributed by atoms with Crippen molar-refractivity contribution in [3.63, 3.8) is 0 Å². The van der Waals surface area contributed by atoms with Crippen molar-refractivity contribution in [3.05, 3.63) is 96.1 Å². The number of hydrogen-bond acceptors (Lipinski definition) is 12. The summed E-state index contributed by atoms with van der Waals surface area (Å²) in [6, 6.07) is 17.1. The molecule has 61 heavy (non-hydrogen) atoms. The SMILES string of the molecule is C=CCOC12Oc3ccc(OC(=O)Nc4ccc(OC)cc4OC)cc3C3C(CCCCO)C(CCCCO)C=C(C(=NOC)CC1N(C)C(=O)Cc1cccc(OC)c1)C32. The van der Waals surface area contributed by atoms with Gasteiger partial charge in [-0.3, -0.25) is 10.1 Å². The molecular formula is C47H59N3O11. The number of aliphatic hydroxyl groups excluding tert-OH is 2. The molecule has 6 atom stereocenters. The number of rotatable bonds is 20. The lowest BCUT2D eigenvalue weighted by molar-refractivity contribution is -0.255. The predicted molar refractivity (Wildman–Crippen MR) is 231 cm³/mol. The molecule has 0 spiro atoms. The van der Waals surface area contributed by atoms with Crippen molar-refractivity contribution < 1.29 is 53.1 Å². The highest BCUT2D eigenvalue weighted by molar-refractivity contribution is 6.03. The van der Waals surface area contributed by atoms with Crippen molar-refractivity contribution in [3.8, 4) is 28.7 Å². The van der Waals surface area contributed by atoms with E-state index in [4.69, 9.17) is 33.3 Å². The molecule has 1 saturated carbocycles. The van der Waals surface area contributed by atoms with Crippen LogP contribution in [-0.2, 0) is 20.8 Å². The van der Waals surface area contributed by atoms with Crippen molar-refractivity contribution in [2.45, 2.75) is 69.1 Å². The highest BCUT2D eigenvalue weighted by Gasteiger charge is 2.65. The molecule has 3 N–H and O–H groups in total. The highest BCUT2D eigenvalue weighted by Crippen LogP contribution is 2.62. The molecule has 0 bridgehead atoms. The summed E-state index contributed by atoms with van der Waals surface area (Å²) in [6.07, 6.45) is 7.95. The first-order valence-corrected chi connectivity index (χ1v) is 20.9. The molecular weight excluding hydrogens is 783 g/mol.